The van der Waals surface area contributed by atoms with Crippen molar-refractivity contribution in [3.8, 4) is 5.75 Å². The summed E-state index contributed by atoms with van der Waals surface area (Å²) in [5, 5.41) is 5.26. The quantitative estimate of drug-likeness (QED) is 0.546. The van der Waals surface area contributed by atoms with E-state index in [4.69, 9.17) is 9.47 Å². The van der Waals surface area contributed by atoms with E-state index in [1.54, 1.807) is 0 Å². The number of carbonyl (C=O) groups is 1. The molecule has 3 aromatic rings. The largest absolute Gasteiger partial charge is 0.493 e. The van der Waals surface area contributed by atoms with Crippen molar-refractivity contribution >= 4 is 22.4 Å². The molecule has 0 unspecified atom stereocenters. The van der Waals surface area contributed by atoms with Gasteiger partial charge in [-0.05, 0) is 43.4 Å². The lowest BCUT2D eigenvalue weighted by molar-refractivity contribution is -0.125. The van der Waals surface area contributed by atoms with E-state index in [9.17, 15) is 4.79 Å². The third kappa shape index (κ3) is 4.45. The summed E-state index contributed by atoms with van der Waals surface area (Å²) in [5.74, 6) is 1.32. The topological polar surface area (TPSA) is 47.6 Å². The summed E-state index contributed by atoms with van der Waals surface area (Å²) >= 11 is 0. The van der Waals surface area contributed by atoms with Crippen LogP contribution < -0.4 is 10.1 Å². The summed E-state index contributed by atoms with van der Waals surface area (Å²) in [6.45, 7) is 8.17. The Bertz CT molecular complexity index is 1070. The first kappa shape index (κ1) is 21.4. The second kappa shape index (κ2) is 9.11. The van der Waals surface area contributed by atoms with Crippen molar-refractivity contribution in [3.63, 3.8) is 0 Å². The molecular weight excluding hydrogens is 386 g/mol. The van der Waals surface area contributed by atoms with Gasteiger partial charge >= 0.3 is 0 Å². The lowest BCUT2D eigenvalue weighted by atomic mass is 9.73. The number of ether oxygens (including phenoxy) is 2. The molecule has 4 heteroatoms. The molecule has 1 amide bonds. The summed E-state index contributed by atoms with van der Waals surface area (Å²) in [6.07, 6.45) is 1.35. The number of benzene rings is 3. The Morgan fingerprint density at radius 2 is 1.77 bits per heavy atom. The molecule has 4 nitrogen and oxygen atoms in total. The van der Waals surface area contributed by atoms with Crippen LogP contribution in [0.15, 0.2) is 60.7 Å². The molecule has 0 atom stereocenters. The van der Waals surface area contributed by atoms with E-state index >= 15 is 0 Å². The van der Waals surface area contributed by atoms with Gasteiger partial charge in [0.1, 0.15) is 5.75 Å². The minimum atomic E-state index is -0.585. The van der Waals surface area contributed by atoms with Gasteiger partial charge < -0.3 is 14.8 Å². The van der Waals surface area contributed by atoms with Gasteiger partial charge in [-0.15, -0.1) is 0 Å². The van der Waals surface area contributed by atoms with E-state index in [1.165, 1.54) is 0 Å². The van der Waals surface area contributed by atoms with Gasteiger partial charge in [0.2, 0.25) is 5.91 Å². The number of rotatable bonds is 6. The van der Waals surface area contributed by atoms with Crippen LogP contribution in [0.4, 0.5) is 5.69 Å². The lowest BCUT2D eigenvalue weighted by Crippen LogP contribution is -2.44. The standard InChI is InChI=1S/C27H31NO3/c1-19(2)18-31-25-12-11-24(22-9-4-5-10-23(22)25)28-26(29)27(13-15-30-16-14-27)21-8-6-7-20(3)17-21/h4-12,17,19H,13-16,18H2,1-3H3,(H,28,29). The highest BCUT2D eigenvalue weighted by atomic mass is 16.5. The molecule has 3 aromatic carbocycles. The highest BCUT2D eigenvalue weighted by molar-refractivity contribution is 6.07. The van der Waals surface area contributed by atoms with Gasteiger partial charge in [0, 0.05) is 29.7 Å². The van der Waals surface area contributed by atoms with Crippen LogP contribution in [-0.4, -0.2) is 25.7 Å². The van der Waals surface area contributed by atoms with Crippen LogP contribution in [0.25, 0.3) is 10.8 Å². The van der Waals surface area contributed by atoms with Crippen LogP contribution in [0.5, 0.6) is 5.75 Å². The maximum atomic E-state index is 13.7. The zero-order valence-electron chi connectivity index (χ0n) is 18.6. The van der Waals surface area contributed by atoms with E-state index < -0.39 is 5.41 Å². The number of fused-ring (bicyclic) bond motifs is 1. The number of hydrogen-bond acceptors (Lipinski definition) is 3. The molecule has 1 aliphatic rings. The van der Waals surface area contributed by atoms with Crippen LogP contribution in [0.1, 0.15) is 37.8 Å². The Kier molecular flexibility index (Phi) is 6.28. The highest BCUT2D eigenvalue weighted by Gasteiger charge is 2.42. The minimum absolute atomic E-state index is 0.0300. The van der Waals surface area contributed by atoms with Crippen LogP contribution in [-0.2, 0) is 14.9 Å². The third-order valence-corrected chi connectivity index (χ3v) is 6.06. The number of amides is 1. The third-order valence-electron chi connectivity index (χ3n) is 6.06. The summed E-state index contributed by atoms with van der Waals surface area (Å²) in [6, 6.07) is 20.3. The molecule has 4 rings (SSSR count). The minimum Gasteiger partial charge on any atom is -0.493 e. The molecule has 0 radical (unpaired) electrons. The zero-order chi connectivity index (χ0) is 21.8. The molecule has 0 saturated carbocycles. The summed E-state index contributed by atoms with van der Waals surface area (Å²) in [5.41, 5.74) is 2.46. The van der Waals surface area contributed by atoms with E-state index in [2.05, 4.69) is 44.3 Å². The van der Waals surface area contributed by atoms with Crippen molar-refractivity contribution in [1.82, 2.24) is 0 Å². The molecule has 0 spiro atoms. The Balaban J connectivity index is 1.69. The van der Waals surface area contributed by atoms with Gasteiger partial charge in [-0.3, -0.25) is 4.79 Å². The van der Waals surface area contributed by atoms with Crippen molar-refractivity contribution in [3.05, 3.63) is 71.8 Å². The Morgan fingerprint density at radius 3 is 2.48 bits per heavy atom. The first-order chi connectivity index (χ1) is 15.0. The van der Waals surface area contributed by atoms with Gasteiger partial charge in [0.15, 0.2) is 0 Å². The molecule has 162 valence electrons. The average molecular weight is 418 g/mol. The molecule has 0 aliphatic carbocycles. The van der Waals surface area contributed by atoms with Crippen molar-refractivity contribution in [1.29, 1.82) is 0 Å². The van der Waals surface area contributed by atoms with Gasteiger partial charge in [-0.1, -0.05) is 67.9 Å². The maximum absolute atomic E-state index is 13.7. The predicted octanol–water partition coefficient (Wildman–Crippen LogP) is 5.87. The van der Waals surface area contributed by atoms with Gasteiger partial charge in [-0.2, -0.15) is 0 Å². The second-order valence-electron chi connectivity index (χ2n) is 8.88. The van der Waals surface area contributed by atoms with Crippen LogP contribution in [0, 0.1) is 12.8 Å². The molecule has 31 heavy (non-hydrogen) atoms. The molecule has 1 N–H and O–H groups in total. The molecule has 0 bridgehead atoms. The van der Waals surface area contributed by atoms with Crippen LogP contribution >= 0.6 is 0 Å². The van der Waals surface area contributed by atoms with Gasteiger partial charge in [-0.25, -0.2) is 0 Å². The molecule has 1 aliphatic heterocycles. The summed E-state index contributed by atoms with van der Waals surface area (Å²) < 4.78 is 11.6. The lowest BCUT2D eigenvalue weighted by Gasteiger charge is -2.36. The average Bonchev–Trinajstić information content (AvgIpc) is 2.79. The van der Waals surface area contributed by atoms with Crippen molar-refractivity contribution in [2.24, 2.45) is 5.92 Å². The normalized spacial score (nSPS) is 15.7. The molecular formula is C27H31NO3. The summed E-state index contributed by atoms with van der Waals surface area (Å²) in [4.78, 5) is 13.7. The fourth-order valence-corrected chi connectivity index (χ4v) is 4.31. The molecule has 1 fully saturated rings. The molecule has 1 saturated heterocycles. The van der Waals surface area contributed by atoms with Crippen molar-refractivity contribution < 1.29 is 14.3 Å². The van der Waals surface area contributed by atoms with E-state index in [0.29, 0.717) is 38.6 Å². The van der Waals surface area contributed by atoms with E-state index in [1.807, 2.05) is 42.5 Å². The zero-order valence-corrected chi connectivity index (χ0v) is 18.6. The highest BCUT2D eigenvalue weighted by Crippen LogP contribution is 2.38. The summed E-state index contributed by atoms with van der Waals surface area (Å²) in [7, 11) is 0. The second-order valence-corrected chi connectivity index (χ2v) is 8.88. The Labute approximate surface area is 184 Å². The molecule has 0 aromatic heterocycles. The van der Waals surface area contributed by atoms with Crippen LogP contribution in [0.2, 0.25) is 0 Å². The fourth-order valence-electron chi connectivity index (χ4n) is 4.31. The van der Waals surface area contributed by atoms with Crippen LogP contribution in [0.3, 0.4) is 0 Å². The first-order valence-electron chi connectivity index (χ1n) is 11.1. The SMILES string of the molecule is Cc1cccc(C2(C(=O)Nc3ccc(OCC(C)C)c4ccccc34)CCOCC2)c1. The van der Waals surface area contributed by atoms with E-state index in [0.717, 1.165) is 33.3 Å². The first-order valence-corrected chi connectivity index (χ1v) is 11.1. The van der Waals surface area contributed by atoms with Gasteiger partial charge in [0.25, 0.3) is 0 Å². The maximum Gasteiger partial charge on any atom is 0.235 e. The van der Waals surface area contributed by atoms with Crippen molar-refractivity contribution in [2.45, 2.75) is 39.0 Å². The predicted molar refractivity (Wildman–Crippen MR) is 126 cm³/mol. The number of nitrogens with one attached hydrogen (secondary N) is 1. The van der Waals surface area contributed by atoms with E-state index in [-0.39, 0.29) is 5.91 Å². The number of aryl methyl sites for hydroxylation is 1. The van der Waals surface area contributed by atoms with Crippen molar-refractivity contribution in [2.75, 3.05) is 25.1 Å². The number of anilines is 1. The van der Waals surface area contributed by atoms with Gasteiger partial charge in [0.05, 0.1) is 12.0 Å². The number of hydrogen-bond donors (Lipinski definition) is 1. The number of carbonyl (C=O) groups excluding carboxylic acids is 1. The fraction of sp³-hybridized carbons (Fsp3) is 0.370. The monoisotopic (exact) mass is 417 g/mol. The molecule has 1 heterocycles. The Hall–Kier alpha value is -2.85. The Morgan fingerprint density at radius 1 is 1.03 bits per heavy atom. The smallest absolute Gasteiger partial charge is 0.235 e.